The van der Waals surface area contributed by atoms with Crippen LogP contribution in [0.4, 0.5) is 4.48 Å². The van der Waals surface area contributed by atoms with Crippen LogP contribution < -0.4 is 5.54 Å². The van der Waals surface area contributed by atoms with E-state index in [1.54, 1.807) is 11.9 Å². The van der Waals surface area contributed by atoms with Crippen molar-refractivity contribution in [2.45, 2.75) is 18.9 Å². The molecule has 0 aromatic heterocycles. The van der Waals surface area contributed by atoms with Gasteiger partial charge in [-0.25, -0.2) is 0 Å². The van der Waals surface area contributed by atoms with Gasteiger partial charge in [0.25, 0.3) is 0 Å². The van der Waals surface area contributed by atoms with E-state index in [0.717, 1.165) is 25.9 Å². The van der Waals surface area contributed by atoms with Gasteiger partial charge in [0.05, 0.1) is 0 Å². The summed E-state index contributed by atoms with van der Waals surface area (Å²) in [6.45, 7) is 2.01. The van der Waals surface area contributed by atoms with Crippen molar-refractivity contribution in [1.29, 1.82) is 0 Å². The topological polar surface area (TPSA) is 15.3 Å². The minimum atomic E-state index is 0.100. The van der Waals surface area contributed by atoms with Crippen molar-refractivity contribution in [2.75, 3.05) is 19.3 Å². The van der Waals surface area contributed by atoms with Gasteiger partial charge in [-0.1, -0.05) is 11.9 Å². The summed E-state index contributed by atoms with van der Waals surface area (Å²) < 4.78 is 14.1. The number of hydrogen-bond donors (Lipinski definition) is 1. The highest BCUT2D eigenvalue weighted by molar-refractivity contribution is 7.96. The summed E-state index contributed by atoms with van der Waals surface area (Å²) in [6, 6.07) is 0.100. The Bertz CT molecular complexity index is 81.7. The van der Waals surface area contributed by atoms with Gasteiger partial charge in [-0.05, 0) is 19.1 Å². The Hall–Kier alpha value is 0.200. The second-order valence-electron chi connectivity index (χ2n) is 2.49. The summed E-state index contributed by atoms with van der Waals surface area (Å²) in [6.07, 6.45) is 3.91. The lowest BCUT2D eigenvalue weighted by molar-refractivity contribution is 0.206. The zero-order valence-electron chi connectivity index (χ0n) is 6.14. The van der Waals surface area contributed by atoms with E-state index < -0.39 is 0 Å². The van der Waals surface area contributed by atoms with Gasteiger partial charge in [0.2, 0.25) is 0 Å². The SMILES string of the molecule is CSN1CCC(NF)CC1. The van der Waals surface area contributed by atoms with Gasteiger partial charge in [-0.15, -0.1) is 4.48 Å². The highest BCUT2D eigenvalue weighted by Crippen LogP contribution is 2.15. The quantitative estimate of drug-likeness (QED) is 0.488. The summed E-state index contributed by atoms with van der Waals surface area (Å²) >= 11 is 1.74. The summed E-state index contributed by atoms with van der Waals surface area (Å²) in [4.78, 5) is 0. The summed E-state index contributed by atoms with van der Waals surface area (Å²) in [7, 11) is 0. The molecule has 2 nitrogen and oxygen atoms in total. The maximum Gasteiger partial charge on any atom is 0.0396 e. The molecule has 0 aliphatic carbocycles. The standard InChI is InChI=1S/C6H13FN2S/c1-10-9-4-2-6(8-7)3-5-9/h6,8H,2-5H2,1H3. The molecule has 0 spiro atoms. The first-order valence-corrected chi connectivity index (χ1v) is 4.70. The number of halogens is 1. The van der Waals surface area contributed by atoms with Gasteiger partial charge in [0, 0.05) is 19.1 Å². The first kappa shape index (κ1) is 8.30. The minimum Gasteiger partial charge on any atom is -0.251 e. The van der Waals surface area contributed by atoms with Gasteiger partial charge in [-0.2, -0.15) is 5.54 Å². The summed E-state index contributed by atoms with van der Waals surface area (Å²) in [5.41, 5.74) is 1.81. The fourth-order valence-corrected chi connectivity index (χ4v) is 1.72. The van der Waals surface area contributed by atoms with E-state index in [1.165, 1.54) is 0 Å². The second-order valence-corrected chi connectivity index (χ2v) is 3.38. The highest BCUT2D eigenvalue weighted by atomic mass is 32.2. The predicted molar refractivity (Wildman–Crippen MR) is 42.4 cm³/mol. The molecule has 0 bridgehead atoms. The molecule has 1 rings (SSSR count). The maximum atomic E-state index is 11.8. The molecule has 10 heavy (non-hydrogen) atoms. The van der Waals surface area contributed by atoms with Crippen molar-refractivity contribution < 1.29 is 4.48 Å². The number of hydrogen-bond acceptors (Lipinski definition) is 3. The van der Waals surface area contributed by atoms with E-state index in [0.29, 0.717) is 0 Å². The predicted octanol–water partition coefficient (Wildman–Crippen LogP) is 1.20. The van der Waals surface area contributed by atoms with E-state index in [9.17, 15) is 4.48 Å². The Balaban J connectivity index is 2.17. The van der Waals surface area contributed by atoms with Crippen molar-refractivity contribution in [1.82, 2.24) is 9.84 Å². The molecule has 1 N–H and O–H groups in total. The van der Waals surface area contributed by atoms with Crippen LogP contribution in [0.1, 0.15) is 12.8 Å². The van der Waals surface area contributed by atoms with Crippen LogP contribution in [0.25, 0.3) is 0 Å². The fourth-order valence-electron chi connectivity index (χ4n) is 1.15. The Morgan fingerprint density at radius 1 is 1.50 bits per heavy atom. The molecule has 0 aromatic rings. The summed E-state index contributed by atoms with van der Waals surface area (Å²) in [5.74, 6) is 0. The van der Waals surface area contributed by atoms with Crippen LogP contribution in [0.5, 0.6) is 0 Å². The van der Waals surface area contributed by atoms with E-state index in [-0.39, 0.29) is 6.04 Å². The van der Waals surface area contributed by atoms with Crippen LogP contribution in [0.2, 0.25) is 0 Å². The van der Waals surface area contributed by atoms with Gasteiger partial charge in [0.1, 0.15) is 0 Å². The third-order valence-electron chi connectivity index (χ3n) is 1.87. The van der Waals surface area contributed by atoms with Crippen LogP contribution in [0, 0.1) is 0 Å². The van der Waals surface area contributed by atoms with Crippen LogP contribution in [0.3, 0.4) is 0 Å². The Kier molecular flexibility index (Phi) is 3.45. The molecule has 60 valence electrons. The largest absolute Gasteiger partial charge is 0.251 e. The lowest BCUT2D eigenvalue weighted by atomic mass is 10.1. The maximum absolute atomic E-state index is 11.8. The van der Waals surface area contributed by atoms with Gasteiger partial charge in [-0.3, -0.25) is 4.31 Å². The molecule has 0 radical (unpaired) electrons. The molecule has 0 saturated carbocycles. The van der Waals surface area contributed by atoms with Gasteiger partial charge < -0.3 is 0 Å². The average Bonchev–Trinajstić information content (AvgIpc) is 2.05. The number of nitrogens with one attached hydrogen (secondary N) is 1. The fraction of sp³-hybridized carbons (Fsp3) is 1.00. The van der Waals surface area contributed by atoms with Crippen molar-refractivity contribution in [3.8, 4) is 0 Å². The Morgan fingerprint density at radius 3 is 2.50 bits per heavy atom. The molecule has 1 aliphatic rings. The first-order chi connectivity index (χ1) is 4.86. The molecule has 1 aliphatic heterocycles. The highest BCUT2D eigenvalue weighted by Gasteiger charge is 2.17. The molecule has 1 fully saturated rings. The van der Waals surface area contributed by atoms with E-state index >= 15 is 0 Å². The molecule has 0 amide bonds. The summed E-state index contributed by atoms with van der Waals surface area (Å²) in [5, 5.41) is 0. The third kappa shape index (κ3) is 2.11. The molecule has 0 unspecified atom stereocenters. The van der Waals surface area contributed by atoms with E-state index in [4.69, 9.17) is 0 Å². The number of piperidine rings is 1. The van der Waals surface area contributed by atoms with Crippen molar-refractivity contribution in [3.05, 3.63) is 0 Å². The smallest absolute Gasteiger partial charge is 0.0396 e. The molecule has 1 heterocycles. The molecule has 1 saturated heterocycles. The van der Waals surface area contributed by atoms with Gasteiger partial charge in [0.15, 0.2) is 0 Å². The molecular formula is C6H13FN2S. The first-order valence-electron chi connectivity index (χ1n) is 3.52. The molecular weight excluding hydrogens is 151 g/mol. The van der Waals surface area contributed by atoms with Crippen molar-refractivity contribution in [3.63, 3.8) is 0 Å². The molecule has 0 atom stereocenters. The van der Waals surface area contributed by atoms with Crippen LogP contribution in [-0.4, -0.2) is 29.7 Å². The lowest BCUT2D eigenvalue weighted by Gasteiger charge is -2.28. The van der Waals surface area contributed by atoms with Crippen LogP contribution in [-0.2, 0) is 0 Å². The second kappa shape index (κ2) is 4.16. The Morgan fingerprint density at radius 2 is 2.10 bits per heavy atom. The number of rotatable bonds is 2. The number of nitrogens with zero attached hydrogens (tertiary/aromatic N) is 1. The van der Waals surface area contributed by atoms with Crippen molar-refractivity contribution >= 4 is 11.9 Å². The Labute approximate surface area is 65.2 Å². The molecule has 0 aromatic carbocycles. The third-order valence-corrected chi connectivity index (χ3v) is 2.75. The van der Waals surface area contributed by atoms with E-state index in [2.05, 4.69) is 10.6 Å². The average molecular weight is 164 g/mol. The van der Waals surface area contributed by atoms with Crippen molar-refractivity contribution in [2.24, 2.45) is 0 Å². The minimum absolute atomic E-state index is 0.100. The monoisotopic (exact) mass is 164 g/mol. The normalized spacial score (nSPS) is 23.4. The van der Waals surface area contributed by atoms with Gasteiger partial charge >= 0.3 is 0 Å². The van der Waals surface area contributed by atoms with Crippen LogP contribution in [0.15, 0.2) is 0 Å². The van der Waals surface area contributed by atoms with Crippen LogP contribution >= 0.6 is 11.9 Å². The van der Waals surface area contributed by atoms with E-state index in [1.807, 2.05) is 5.54 Å². The zero-order chi connectivity index (χ0) is 7.40. The lowest BCUT2D eigenvalue weighted by Crippen LogP contribution is -2.36. The molecule has 4 heteroatoms. The zero-order valence-corrected chi connectivity index (χ0v) is 6.96.